The van der Waals surface area contributed by atoms with Gasteiger partial charge < -0.3 is 5.32 Å². The maximum absolute atomic E-state index is 12.2. The Morgan fingerprint density at radius 2 is 1.96 bits per heavy atom. The number of anilines is 1. The second-order valence-corrected chi connectivity index (χ2v) is 5.85. The number of amides is 1. The highest BCUT2D eigenvalue weighted by Crippen LogP contribution is 2.25. The Balaban J connectivity index is 1.65. The van der Waals surface area contributed by atoms with Crippen molar-refractivity contribution < 1.29 is 4.79 Å². The number of nitrogens with zero attached hydrogens (tertiary/aromatic N) is 2. The maximum Gasteiger partial charge on any atom is 0.225 e. The van der Waals surface area contributed by atoms with Crippen LogP contribution in [-0.2, 0) is 11.2 Å². The number of hydrogen-bond donors (Lipinski definition) is 2. The monoisotopic (exact) mass is 340 g/mol. The van der Waals surface area contributed by atoms with Gasteiger partial charge in [-0.05, 0) is 37.1 Å². The topological polar surface area (TPSA) is 70.7 Å². The highest BCUT2D eigenvalue weighted by Gasteiger charge is 2.13. The lowest BCUT2D eigenvalue weighted by atomic mass is 10.1. The van der Waals surface area contributed by atoms with Gasteiger partial charge >= 0.3 is 0 Å². The van der Waals surface area contributed by atoms with E-state index in [2.05, 4.69) is 20.5 Å². The third-order valence-electron chi connectivity index (χ3n) is 3.81. The number of pyridine rings is 1. The van der Waals surface area contributed by atoms with E-state index in [9.17, 15) is 4.79 Å². The molecule has 0 unspecified atom stereocenters. The van der Waals surface area contributed by atoms with Crippen LogP contribution in [0.4, 0.5) is 5.82 Å². The summed E-state index contributed by atoms with van der Waals surface area (Å²) >= 11 is 6.11. The third kappa shape index (κ3) is 3.63. The number of aryl methyl sites for hydroxylation is 1. The normalized spacial score (nSPS) is 10.6. The van der Waals surface area contributed by atoms with E-state index in [0.717, 1.165) is 22.4 Å². The molecule has 0 fully saturated rings. The van der Waals surface area contributed by atoms with Crippen LogP contribution in [0.25, 0.3) is 11.3 Å². The van der Waals surface area contributed by atoms with Crippen LogP contribution in [0.2, 0.25) is 5.02 Å². The molecule has 3 aromatic rings. The molecule has 2 heterocycles. The van der Waals surface area contributed by atoms with Crippen molar-refractivity contribution in [1.82, 2.24) is 15.2 Å². The molecule has 1 aromatic carbocycles. The van der Waals surface area contributed by atoms with Crippen molar-refractivity contribution in [3.8, 4) is 11.3 Å². The number of aromatic nitrogens is 3. The van der Waals surface area contributed by atoms with Gasteiger partial charge in [0.05, 0.1) is 5.69 Å². The summed E-state index contributed by atoms with van der Waals surface area (Å²) in [7, 11) is 0. The van der Waals surface area contributed by atoms with E-state index in [1.54, 1.807) is 12.4 Å². The van der Waals surface area contributed by atoms with Crippen LogP contribution in [0.15, 0.2) is 48.8 Å². The number of carbonyl (C=O) groups excluding carboxylic acids is 1. The average Bonchev–Trinajstić information content (AvgIpc) is 2.96. The minimum atomic E-state index is -0.0806. The highest BCUT2D eigenvalue weighted by atomic mass is 35.5. The Kier molecular flexibility index (Phi) is 4.91. The molecule has 0 aliphatic carbocycles. The number of aromatic amines is 1. The molecular formula is C18H17ClN4O. The number of halogens is 1. The summed E-state index contributed by atoms with van der Waals surface area (Å²) < 4.78 is 0. The van der Waals surface area contributed by atoms with Gasteiger partial charge in [0.1, 0.15) is 5.82 Å². The number of benzene rings is 1. The Morgan fingerprint density at radius 1 is 1.21 bits per heavy atom. The third-order valence-corrected chi connectivity index (χ3v) is 4.18. The molecule has 6 heteroatoms. The van der Waals surface area contributed by atoms with Crippen LogP contribution in [0.5, 0.6) is 0 Å². The Labute approximate surface area is 145 Å². The van der Waals surface area contributed by atoms with Crippen LogP contribution in [0, 0.1) is 6.92 Å². The fourth-order valence-electron chi connectivity index (χ4n) is 2.46. The number of nitrogens with one attached hydrogen (secondary N) is 2. The molecule has 0 aliphatic rings. The predicted molar refractivity (Wildman–Crippen MR) is 95.0 cm³/mol. The summed E-state index contributed by atoms with van der Waals surface area (Å²) in [6, 6.07) is 11.3. The van der Waals surface area contributed by atoms with Gasteiger partial charge in [-0.3, -0.25) is 14.9 Å². The van der Waals surface area contributed by atoms with Gasteiger partial charge in [-0.2, -0.15) is 5.10 Å². The first-order valence-electron chi connectivity index (χ1n) is 7.64. The van der Waals surface area contributed by atoms with Crippen molar-refractivity contribution in [2.75, 3.05) is 5.32 Å². The second-order valence-electron chi connectivity index (χ2n) is 5.45. The van der Waals surface area contributed by atoms with Crippen LogP contribution in [0.1, 0.15) is 17.5 Å². The van der Waals surface area contributed by atoms with Gasteiger partial charge in [0.2, 0.25) is 5.91 Å². The fourth-order valence-corrected chi connectivity index (χ4v) is 2.69. The smallest absolute Gasteiger partial charge is 0.225 e. The zero-order valence-electron chi connectivity index (χ0n) is 13.2. The largest absolute Gasteiger partial charge is 0.311 e. The van der Waals surface area contributed by atoms with Gasteiger partial charge in [0.15, 0.2) is 0 Å². The molecule has 0 aliphatic heterocycles. The Morgan fingerprint density at radius 3 is 2.71 bits per heavy atom. The molecule has 0 saturated carbocycles. The summed E-state index contributed by atoms with van der Waals surface area (Å²) in [6.45, 7) is 1.92. The molecule has 0 spiro atoms. The van der Waals surface area contributed by atoms with Crippen LogP contribution in [-0.4, -0.2) is 21.1 Å². The van der Waals surface area contributed by atoms with E-state index in [0.29, 0.717) is 23.7 Å². The van der Waals surface area contributed by atoms with Crippen LogP contribution < -0.4 is 5.32 Å². The van der Waals surface area contributed by atoms with Crippen molar-refractivity contribution in [2.45, 2.75) is 19.8 Å². The maximum atomic E-state index is 12.2. The van der Waals surface area contributed by atoms with Crippen LogP contribution in [0.3, 0.4) is 0 Å². The lowest BCUT2D eigenvalue weighted by molar-refractivity contribution is -0.116. The van der Waals surface area contributed by atoms with Crippen molar-refractivity contribution in [3.63, 3.8) is 0 Å². The van der Waals surface area contributed by atoms with E-state index >= 15 is 0 Å². The van der Waals surface area contributed by atoms with E-state index in [4.69, 9.17) is 11.6 Å². The summed E-state index contributed by atoms with van der Waals surface area (Å²) in [5.74, 6) is 0.536. The number of rotatable bonds is 5. The molecule has 0 radical (unpaired) electrons. The number of H-pyrrole nitrogens is 1. The first-order chi connectivity index (χ1) is 11.6. The van der Waals surface area contributed by atoms with Gasteiger partial charge in [-0.15, -0.1) is 0 Å². The molecule has 2 N–H and O–H groups in total. The lowest BCUT2D eigenvalue weighted by Crippen LogP contribution is -2.13. The molecule has 0 bridgehead atoms. The van der Waals surface area contributed by atoms with Gasteiger partial charge in [-0.1, -0.05) is 29.8 Å². The lowest BCUT2D eigenvalue weighted by Gasteiger charge is -2.06. The highest BCUT2D eigenvalue weighted by molar-refractivity contribution is 6.31. The van der Waals surface area contributed by atoms with Crippen molar-refractivity contribution in [1.29, 1.82) is 0 Å². The number of hydrogen-bond acceptors (Lipinski definition) is 3. The first kappa shape index (κ1) is 16.2. The first-order valence-corrected chi connectivity index (χ1v) is 8.01. The van der Waals surface area contributed by atoms with Crippen molar-refractivity contribution in [2.24, 2.45) is 0 Å². The summed E-state index contributed by atoms with van der Waals surface area (Å²) in [5.41, 5.74) is 3.62. The van der Waals surface area contributed by atoms with Crippen LogP contribution >= 0.6 is 11.6 Å². The average molecular weight is 341 g/mol. The molecule has 122 valence electrons. The SMILES string of the molecule is Cc1c(-c2ccncc2)n[nH]c1NC(=O)CCc1ccccc1Cl. The van der Waals surface area contributed by atoms with Gasteiger partial charge in [-0.25, -0.2) is 0 Å². The minimum absolute atomic E-state index is 0.0806. The number of carbonyl (C=O) groups is 1. The standard InChI is InChI=1S/C18H17ClN4O/c1-12-17(14-8-10-20-11-9-14)22-23-18(12)21-16(24)7-6-13-4-2-3-5-15(13)19/h2-5,8-11H,6-7H2,1H3,(H2,21,22,23,24). The summed E-state index contributed by atoms with van der Waals surface area (Å²) in [5, 5.41) is 10.7. The van der Waals surface area contributed by atoms with E-state index in [1.807, 2.05) is 43.3 Å². The minimum Gasteiger partial charge on any atom is -0.311 e. The van der Waals surface area contributed by atoms with Crippen molar-refractivity contribution >= 4 is 23.3 Å². The molecular weight excluding hydrogens is 324 g/mol. The zero-order valence-corrected chi connectivity index (χ0v) is 14.0. The molecule has 5 nitrogen and oxygen atoms in total. The fraction of sp³-hybridized carbons (Fsp3) is 0.167. The van der Waals surface area contributed by atoms with Crippen molar-refractivity contribution in [3.05, 3.63) is 64.9 Å². The van der Waals surface area contributed by atoms with E-state index in [1.165, 1.54) is 0 Å². The zero-order chi connectivity index (χ0) is 16.9. The van der Waals surface area contributed by atoms with Gasteiger partial charge in [0, 0.05) is 35.0 Å². The molecule has 0 saturated heterocycles. The summed E-state index contributed by atoms with van der Waals surface area (Å²) in [4.78, 5) is 16.2. The molecule has 0 atom stereocenters. The van der Waals surface area contributed by atoms with Gasteiger partial charge in [0.25, 0.3) is 0 Å². The second kappa shape index (κ2) is 7.27. The quantitative estimate of drug-likeness (QED) is 0.737. The molecule has 3 rings (SSSR count). The Bertz CT molecular complexity index is 845. The van der Waals surface area contributed by atoms with E-state index < -0.39 is 0 Å². The molecule has 24 heavy (non-hydrogen) atoms. The van der Waals surface area contributed by atoms with E-state index in [-0.39, 0.29) is 5.91 Å². The molecule has 1 amide bonds. The molecule has 2 aromatic heterocycles. The Hall–Kier alpha value is -2.66. The summed E-state index contributed by atoms with van der Waals surface area (Å²) in [6.07, 6.45) is 4.37. The predicted octanol–water partition coefficient (Wildman–Crippen LogP) is 4.00.